The predicted molar refractivity (Wildman–Crippen MR) is 116 cm³/mol. The number of ether oxygens (including phenoxy) is 1. The van der Waals surface area contributed by atoms with Gasteiger partial charge >= 0.3 is 5.97 Å². The van der Waals surface area contributed by atoms with Crippen LogP contribution in [0.25, 0.3) is 0 Å². The second-order valence-electron chi connectivity index (χ2n) is 8.93. The molecule has 0 heterocycles. The minimum absolute atomic E-state index is 0.0701. The maximum absolute atomic E-state index is 12.3. The van der Waals surface area contributed by atoms with E-state index >= 15 is 0 Å². The molecule has 1 aliphatic carbocycles. The predicted octanol–water partition coefficient (Wildman–Crippen LogP) is 3.91. The van der Waals surface area contributed by atoms with Crippen molar-refractivity contribution in [2.75, 3.05) is 6.61 Å². The summed E-state index contributed by atoms with van der Waals surface area (Å²) in [5, 5.41) is 20.7. The summed E-state index contributed by atoms with van der Waals surface area (Å²) in [5.41, 5.74) is -0.748. The fraction of sp³-hybridized carbons (Fsp3) is 0.792. The molecule has 1 unspecified atom stereocenters. The number of esters is 1. The first kappa shape index (κ1) is 26.5. The Labute approximate surface area is 181 Å². The molecule has 0 bridgehead atoms. The van der Waals surface area contributed by atoms with Gasteiger partial charge in [-0.05, 0) is 32.6 Å². The molecule has 0 aromatic rings. The maximum atomic E-state index is 12.3. The van der Waals surface area contributed by atoms with Crippen molar-refractivity contribution in [3.8, 4) is 0 Å². The maximum Gasteiger partial charge on any atom is 0.303 e. The average Bonchev–Trinajstić information content (AvgIpc) is 2.94. The molecule has 4 atom stereocenters. The Bertz CT molecular complexity index is 580. The van der Waals surface area contributed by atoms with Crippen molar-refractivity contribution in [3.63, 3.8) is 0 Å². The summed E-state index contributed by atoms with van der Waals surface area (Å²) in [6.07, 6.45) is 11.3. The molecule has 0 amide bonds. The summed E-state index contributed by atoms with van der Waals surface area (Å²) in [7, 11) is 0. The number of hydrogen-bond donors (Lipinski definition) is 2. The van der Waals surface area contributed by atoms with Crippen LogP contribution in [-0.2, 0) is 19.1 Å². The van der Waals surface area contributed by atoms with Crippen LogP contribution >= 0.6 is 0 Å². The topological polar surface area (TPSA) is 101 Å². The van der Waals surface area contributed by atoms with Gasteiger partial charge in [-0.15, -0.1) is 0 Å². The molecule has 0 aromatic carbocycles. The number of carbonyl (C=O) groups is 3. The van der Waals surface area contributed by atoms with Crippen molar-refractivity contribution in [3.05, 3.63) is 12.2 Å². The van der Waals surface area contributed by atoms with Gasteiger partial charge in [0.2, 0.25) is 0 Å². The van der Waals surface area contributed by atoms with Gasteiger partial charge in [0, 0.05) is 31.6 Å². The van der Waals surface area contributed by atoms with E-state index in [0.717, 1.165) is 51.4 Å². The number of hydrogen-bond acceptors (Lipinski definition) is 6. The molecule has 0 saturated heterocycles. The highest BCUT2D eigenvalue weighted by atomic mass is 16.5. The number of carbonyl (C=O) groups excluding carboxylic acids is 3. The van der Waals surface area contributed by atoms with Gasteiger partial charge in [-0.25, -0.2) is 0 Å². The zero-order valence-corrected chi connectivity index (χ0v) is 18.9. The molecule has 1 aliphatic rings. The first-order valence-corrected chi connectivity index (χ1v) is 11.4. The summed E-state index contributed by atoms with van der Waals surface area (Å²) in [5.74, 6) is -0.738. The molecule has 6 nitrogen and oxygen atoms in total. The molecule has 0 aromatic heterocycles. The first-order valence-electron chi connectivity index (χ1n) is 11.4. The monoisotopic (exact) mass is 424 g/mol. The van der Waals surface area contributed by atoms with E-state index < -0.39 is 17.7 Å². The second kappa shape index (κ2) is 13.7. The third-order valence-corrected chi connectivity index (χ3v) is 5.87. The molecule has 2 N–H and O–H groups in total. The fourth-order valence-corrected chi connectivity index (χ4v) is 4.03. The Morgan fingerprint density at radius 2 is 1.90 bits per heavy atom. The Kier molecular flexibility index (Phi) is 12.1. The molecule has 1 rings (SSSR count). The highest BCUT2D eigenvalue weighted by Crippen LogP contribution is 2.34. The number of Topliss-reactive ketones (excluding diaryl/α,β-unsaturated/α-hetero) is 2. The quantitative estimate of drug-likeness (QED) is 0.235. The summed E-state index contributed by atoms with van der Waals surface area (Å²) in [4.78, 5) is 34.6. The molecule has 172 valence electrons. The van der Waals surface area contributed by atoms with Gasteiger partial charge < -0.3 is 14.9 Å². The van der Waals surface area contributed by atoms with Crippen LogP contribution in [-0.4, -0.2) is 46.1 Å². The zero-order valence-electron chi connectivity index (χ0n) is 18.9. The van der Waals surface area contributed by atoms with Crippen LogP contribution in [0.2, 0.25) is 0 Å². The van der Waals surface area contributed by atoms with E-state index in [0.29, 0.717) is 12.8 Å². The molecule has 1 fully saturated rings. The third kappa shape index (κ3) is 10.5. The van der Waals surface area contributed by atoms with Crippen molar-refractivity contribution in [1.82, 2.24) is 0 Å². The van der Waals surface area contributed by atoms with Crippen LogP contribution in [0, 0.1) is 11.8 Å². The number of aliphatic hydroxyl groups is 2. The normalized spacial score (nSPS) is 23.6. The highest BCUT2D eigenvalue weighted by Gasteiger charge is 2.39. The number of unbranched alkanes of at least 4 members (excludes halogenated alkanes) is 4. The van der Waals surface area contributed by atoms with Crippen LogP contribution < -0.4 is 0 Å². The van der Waals surface area contributed by atoms with Crippen molar-refractivity contribution < 1.29 is 29.3 Å². The molecule has 0 spiro atoms. The lowest BCUT2D eigenvalue weighted by molar-refractivity contribution is -0.145. The smallest absolute Gasteiger partial charge is 0.303 e. The molecular weight excluding hydrogens is 384 g/mol. The lowest BCUT2D eigenvalue weighted by atomic mass is 9.87. The van der Waals surface area contributed by atoms with Gasteiger partial charge in [-0.3, -0.25) is 14.4 Å². The van der Waals surface area contributed by atoms with Crippen LogP contribution in [0.4, 0.5) is 0 Å². The number of ketones is 2. The Morgan fingerprint density at radius 3 is 2.57 bits per heavy atom. The van der Waals surface area contributed by atoms with E-state index in [1.165, 1.54) is 6.92 Å². The van der Waals surface area contributed by atoms with E-state index in [-0.39, 0.29) is 36.4 Å². The fourth-order valence-electron chi connectivity index (χ4n) is 4.03. The largest absolute Gasteiger partial charge is 0.458 e. The van der Waals surface area contributed by atoms with Gasteiger partial charge in [0.25, 0.3) is 0 Å². The SMILES string of the molecule is CCCCC(C)(O)CC=C[C@H]1[C@H](O)CC(=O)[C@@H]1CCCCCCC(=O)COC(C)=O. The summed E-state index contributed by atoms with van der Waals surface area (Å²) in [6.45, 7) is 5.06. The van der Waals surface area contributed by atoms with Crippen molar-refractivity contribution in [2.24, 2.45) is 11.8 Å². The lowest BCUT2D eigenvalue weighted by Gasteiger charge is -2.22. The van der Waals surface area contributed by atoms with Crippen LogP contribution in [0.3, 0.4) is 0 Å². The summed E-state index contributed by atoms with van der Waals surface area (Å²) >= 11 is 0. The lowest BCUT2D eigenvalue weighted by Crippen LogP contribution is -2.23. The van der Waals surface area contributed by atoms with Crippen molar-refractivity contribution in [1.29, 1.82) is 0 Å². The second-order valence-corrected chi connectivity index (χ2v) is 8.93. The van der Waals surface area contributed by atoms with Gasteiger partial charge in [0.15, 0.2) is 5.78 Å². The zero-order chi connectivity index (χ0) is 22.6. The average molecular weight is 425 g/mol. The van der Waals surface area contributed by atoms with E-state index in [4.69, 9.17) is 0 Å². The first-order chi connectivity index (χ1) is 14.2. The molecule has 0 radical (unpaired) electrons. The molecule has 30 heavy (non-hydrogen) atoms. The summed E-state index contributed by atoms with van der Waals surface area (Å²) in [6, 6.07) is 0. The van der Waals surface area contributed by atoms with Crippen LogP contribution in [0.5, 0.6) is 0 Å². The third-order valence-electron chi connectivity index (χ3n) is 5.87. The van der Waals surface area contributed by atoms with Gasteiger partial charge in [0.05, 0.1) is 11.7 Å². The number of aliphatic hydroxyl groups excluding tert-OH is 1. The summed E-state index contributed by atoms with van der Waals surface area (Å²) < 4.78 is 4.68. The highest BCUT2D eigenvalue weighted by molar-refractivity contribution is 5.84. The van der Waals surface area contributed by atoms with E-state index in [2.05, 4.69) is 11.7 Å². The Morgan fingerprint density at radius 1 is 1.20 bits per heavy atom. The van der Waals surface area contributed by atoms with E-state index in [9.17, 15) is 24.6 Å². The molecular formula is C24H40O6. The Balaban J connectivity index is 2.35. The van der Waals surface area contributed by atoms with Crippen LogP contribution in [0.1, 0.15) is 91.4 Å². The van der Waals surface area contributed by atoms with Crippen molar-refractivity contribution >= 4 is 17.5 Å². The van der Waals surface area contributed by atoms with Crippen molar-refractivity contribution in [2.45, 2.75) is 103 Å². The molecule has 1 saturated carbocycles. The van der Waals surface area contributed by atoms with Crippen LogP contribution in [0.15, 0.2) is 12.2 Å². The van der Waals surface area contributed by atoms with E-state index in [1.54, 1.807) is 0 Å². The number of rotatable bonds is 15. The Hall–Kier alpha value is -1.53. The standard InChI is InChI=1S/C24H40O6/c1-4-5-14-24(3,29)15-10-13-21-20(22(27)16-23(21)28)12-9-7-6-8-11-19(26)17-30-18(2)25/h10,13,20-21,23,28-29H,4-9,11-12,14-17H2,1-3H3/t20-,21-,23-,24?/m1/s1. The van der Waals surface area contributed by atoms with Gasteiger partial charge in [0.1, 0.15) is 12.4 Å². The van der Waals surface area contributed by atoms with Gasteiger partial charge in [-0.2, -0.15) is 0 Å². The van der Waals surface area contributed by atoms with Gasteiger partial charge in [-0.1, -0.05) is 51.2 Å². The van der Waals surface area contributed by atoms with E-state index in [1.807, 2.05) is 19.1 Å². The molecule has 6 heteroatoms. The minimum Gasteiger partial charge on any atom is -0.458 e. The molecule has 0 aliphatic heterocycles. The minimum atomic E-state index is -0.748.